The summed E-state index contributed by atoms with van der Waals surface area (Å²) in [6.45, 7) is 0.234. The molecule has 0 atom stereocenters. The van der Waals surface area contributed by atoms with Crippen LogP contribution in [0.3, 0.4) is 0 Å². The predicted octanol–water partition coefficient (Wildman–Crippen LogP) is 1.85. The molecule has 10 heteroatoms. The minimum atomic E-state index is -1.21. The number of carbonyl (C=O) groups excluding carboxylic acids is 1. The number of carboxylic acids is 1. The van der Waals surface area contributed by atoms with Crippen LogP contribution >= 0.6 is 11.6 Å². The van der Waals surface area contributed by atoms with Crippen molar-refractivity contribution in [3.05, 3.63) is 59.0 Å². The minimum Gasteiger partial charge on any atom is -0.476 e. The van der Waals surface area contributed by atoms with Crippen LogP contribution in [-0.4, -0.2) is 43.6 Å². The van der Waals surface area contributed by atoms with E-state index in [1.165, 1.54) is 0 Å². The quantitative estimate of drug-likeness (QED) is 0.669. The number of aromatic carboxylic acids is 1. The van der Waals surface area contributed by atoms with E-state index in [1.54, 1.807) is 18.2 Å². The zero-order valence-electron chi connectivity index (χ0n) is 13.2. The van der Waals surface area contributed by atoms with Gasteiger partial charge in [0, 0.05) is 23.6 Å². The largest absolute Gasteiger partial charge is 0.476 e. The molecule has 0 aliphatic carbocycles. The molecular formula is C16H12ClN5O4. The third kappa shape index (κ3) is 4.19. The third-order valence-corrected chi connectivity index (χ3v) is 3.51. The lowest BCUT2D eigenvalue weighted by molar-refractivity contribution is 0.0689. The number of nitrogens with one attached hydrogen (secondary N) is 1. The molecule has 0 aliphatic heterocycles. The maximum absolute atomic E-state index is 11.9. The molecular weight excluding hydrogens is 362 g/mol. The number of hydrogen-bond donors (Lipinski definition) is 2. The predicted molar refractivity (Wildman–Crippen MR) is 89.8 cm³/mol. The highest BCUT2D eigenvalue weighted by atomic mass is 35.5. The van der Waals surface area contributed by atoms with E-state index < -0.39 is 11.9 Å². The van der Waals surface area contributed by atoms with E-state index in [9.17, 15) is 9.59 Å². The SMILES string of the molecule is O=C(O)c1cnc(C(=O)NCCc2nc(-c3cccc(Cl)c3)no2)cn1. The Morgan fingerprint density at radius 3 is 2.65 bits per heavy atom. The summed E-state index contributed by atoms with van der Waals surface area (Å²) in [7, 11) is 0. The molecule has 0 fully saturated rings. The van der Waals surface area contributed by atoms with Gasteiger partial charge in [0.25, 0.3) is 5.91 Å². The highest BCUT2D eigenvalue weighted by Gasteiger charge is 2.12. The second kappa shape index (κ2) is 7.70. The maximum Gasteiger partial charge on any atom is 0.356 e. The van der Waals surface area contributed by atoms with Gasteiger partial charge in [-0.2, -0.15) is 4.98 Å². The molecule has 0 spiro atoms. The number of carboxylic acid groups (broad SMARTS) is 1. The van der Waals surface area contributed by atoms with E-state index in [0.29, 0.717) is 23.2 Å². The van der Waals surface area contributed by atoms with E-state index in [0.717, 1.165) is 18.0 Å². The van der Waals surface area contributed by atoms with Gasteiger partial charge in [-0.3, -0.25) is 4.79 Å². The lowest BCUT2D eigenvalue weighted by Crippen LogP contribution is -2.27. The van der Waals surface area contributed by atoms with Crippen molar-refractivity contribution in [1.29, 1.82) is 0 Å². The Morgan fingerprint density at radius 1 is 1.19 bits per heavy atom. The summed E-state index contributed by atoms with van der Waals surface area (Å²) in [5.41, 5.74) is 0.506. The second-order valence-electron chi connectivity index (χ2n) is 5.12. The van der Waals surface area contributed by atoms with Gasteiger partial charge in [0.2, 0.25) is 11.7 Å². The topological polar surface area (TPSA) is 131 Å². The maximum atomic E-state index is 11.9. The van der Waals surface area contributed by atoms with E-state index in [2.05, 4.69) is 25.4 Å². The van der Waals surface area contributed by atoms with E-state index >= 15 is 0 Å². The summed E-state index contributed by atoms with van der Waals surface area (Å²) < 4.78 is 5.14. The molecule has 0 saturated heterocycles. The first-order valence-electron chi connectivity index (χ1n) is 7.45. The van der Waals surface area contributed by atoms with Crippen LogP contribution in [0.5, 0.6) is 0 Å². The summed E-state index contributed by atoms with van der Waals surface area (Å²) in [4.78, 5) is 34.3. The van der Waals surface area contributed by atoms with Crippen LogP contribution in [-0.2, 0) is 6.42 Å². The van der Waals surface area contributed by atoms with Crippen molar-refractivity contribution in [2.24, 2.45) is 0 Å². The number of carbonyl (C=O) groups is 2. The normalized spacial score (nSPS) is 10.5. The van der Waals surface area contributed by atoms with E-state index in [-0.39, 0.29) is 17.9 Å². The van der Waals surface area contributed by atoms with Gasteiger partial charge >= 0.3 is 5.97 Å². The Labute approximate surface area is 152 Å². The average molecular weight is 374 g/mol. The molecule has 9 nitrogen and oxygen atoms in total. The molecule has 0 bridgehead atoms. The lowest BCUT2D eigenvalue weighted by Gasteiger charge is -2.02. The van der Waals surface area contributed by atoms with Gasteiger partial charge in [0.15, 0.2) is 5.69 Å². The Kier molecular flexibility index (Phi) is 5.18. The van der Waals surface area contributed by atoms with Gasteiger partial charge in [0.05, 0.1) is 12.4 Å². The first-order valence-corrected chi connectivity index (χ1v) is 7.83. The van der Waals surface area contributed by atoms with Crippen molar-refractivity contribution in [3.63, 3.8) is 0 Å². The summed E-state index contributed by atoms with van der Waals surface area (Å²) in [5.74, 6) is -0.933. The monoisotopic (exact) mass is 373 g/mol. The second-order valence-corrected chi connectivity index (χ2v) is 5.56. The number of amides is 1. The van der Waals surface area contributed by atoms with Crippen LogP contribution in [0.25, 0.3) is 11.4 Å². The molecule has 0 radical (unpaired) electrons. The molecule has 3 aromatic rings. The standard InChI is InChI=1S/C16H12ClN5O4/c17-10-3-1-2-9(6-10)14-21-13(26-22-14)4-5-18-15(23)11-7-20-12(8-19-11)16(24)25/h1-3,6-8H,4-5H2,(H,18,23)(H,24,25). The Hall–Kier alpha value is -3.33. The van der Waals surface area contributed by atoms with Crippen molar-refractivity contribution in [2.45, 2.75) is 6.42 Å². The van der Waals surface area contributed by atoms with Gasteiger partial charge in [0.1, 0.15) is 5.69 Å². The highest BCUT2D eigenvalue weighted by molar-refractivity contribution is 6.30. The summed E-state index contributed by atoms with van der Waals surface area (Å²) >= 11 is 5.93. The van der Waals surface area contributed by atoms with Crippen molar-refractivity contribution < 1.29 is 19.2 Å². The van der Waals surface area contributed by atoms with Crippen LogP contribution in [0.1, 0.15) is 26.9 Å². The van der Waals surface area contributed by atoms with Gasteiger partial charge in [-0.15, -0.1) is 0 Å². The van der Waals surface area contributed by atoms with Gasteiger partial charge < -0.3 is 14.9 Å². The zero-order chi connectivity index (χ0) is 18.5. The van der Waals surface area contributed by atoms with Gasteiger partial charge in [-0.25, -0.2) is 14.8 Å². The van der Waals surface area contributed by atoms with Crippen LogP contribution in [0.15, 0.2) is 41.2 Å². The molecule has 2 heterocycles. The molecule has 2 aromatic heterocycles. The smallest absolute Gasteiger partial charge is 0.356 e. The zero-order valence-corrected chi connectivity index (χ0v) is 14.0. The summed E-state index contributed by atoms with van der Waals surface area (Å²) in [5, 5.41) is 15.8. The van der Waals surface area contributed by atoms with Crippen LogP contribution < -0.4 is 5.32 Å². The number of hydrogen-bond acceptors (Lipinski definition) is 7. The molecule has 1 amide bonds. The van der Waals surface area contributed by atoms with Gasteiger partial charge in [-0.05, 0) is 12.1 Å². The van der Waals surface area contributed by atoms with Crippen LogP contribution in [0.2, 0.25) is 5.02 Å². The molecule has 0 aliphatic rings. The summed E-state index contributed by atoms with van der Waals surface area (Å²) in [6.07, 6.45) is 2.44. The fraction of sp³-hybridized carbons (Fsp3) is 0.125. The fourth-order valence-corrected chi connectivity index (χ4v) is 2.22. The molecule has 0 saturated carbocycles. The Morgan fingerprint density at radius 2 is 1.96 bits per heavy atom. The number of nitrogens with zero attached hydrogens (tertiary/aromatic N) is 4. The van der Waals surface area contributed by atoms with Crippen LogP contribution in [0, 0.1) is 0 Å². The molecule has 26 heavy (non-hydrogen) atoms. The molecule has 2 N–H and O–H groups in total. The lowest BCUT2D eigenvalue weighted by atomic mass is 10.2. The van der Waals surface area contributed by atoms with Crippen LogP contribution in [0.4, 0.5) is 0 Å². The number of benzene rings is 1. The first kappa shape index (κ1) is 17.5. The Bertz CT molecular complexity index is 942. The van der Waals surface area contributed by atoms with Crippen molar-refractivity contribution >= 4 is 23.5 Å². The first-order chi connectivity index (χ1) is 12.5. The minimum absolute atomic E-state index is 0.0140. The average Bonchev–Trinajstić information content (AvgIpc) is 3.10. The number of rotatable bonds is 6. The Balaban J connectivity index is 1.55. The molecule has 132 valence electrons. The molecule has 1 aromatic carbocycles. The summed E-state index contributed by atoms with van der Waals surface area (Å²) in [6, 6.07) is 7.05. The third-order valence-electron chi connectivity index (χ3n) is 3.28. The van der Waals surface area contributed by atoms with Crippen molar-refractivity contribution in [3.8, 4) is 11.4 Å². The number of halogens is 1. The molecule has 3 rings (SSSR count). The fourth-order valence-electron chi connectivity index (χ4n) is 2.03. The number of aromatic nitrogens is 4. The van der Waals surface area contributed by atoms with E-state index in [4.69, 9.17) is 21.2 Å². The van der Waals surface area contributed by atoms with Crippen molar-refractivity contribution in [2.75, 3.05) is 6.54 Å². The highest BCUT2D eigenvalue weighted by Crippen LogP contribution is 2.19. The van der Waals surface area contributed by atoms with E-state index in [1.807, 2.05) is 6.07 Å². The van der Waals surface area contributed by atoms with Crippen molar-refractivity contribution in [1.82, 2.24) is 25.4 Å². The molecule has 0 unspecified atom stereocenters. The van der Waals surface area contributed by atoms with Gasteiger partial charge in [-0.1, -0.05) is 28.9 Å².